The van der Waals surface area contributed by atoms with Gasteiger partial charge in [0.1, 0.15) is 23.0 Å². The maximum absolute atomic E-state index is 5.64. The Bertz CT molecular complexity index is 951. The molecule has 27 heavy (non-hydrogen) atoms. The van der Waals surface area contributed by atoms with E-state index in [0.717, 1.165) is 60.1 Å². The molecule has 3 aromatic rings. The van der Waals surface area contributed by atoms with Gasteiger partial charge in [-0.2, -0.15) is 5.10 Å². The zero-order valence-electron chi connectivity index (χ0n) is 15.5. The second kappa shape index (κ2) is 7.80. The van der Waals surface area contributed by atoms with Gasteiger partial charge < -0.3 is 14.8 Å². The van der Waals surface area contributed by atoms with Crippen LogP contribution in [-0.4, -0.2) is 30.5 Å². The Labute approximate surface area is 172 Å². The number of benzene rings is 2. The van der Waals surface area contributed by atoms with Gasteiger partial charge in [-0.15, -0.1) is 0 Å². The Morgan fingerprint density at radius 1 is 1.04 bits per heavy atom. The van der Waals surface area contributed by atoms with Gasteiger partial charge in [-0.05, 0) is 78.3 Å². The molecule has 0 unspecified atom stereocenters. The lowest BCUT2D eigenvalue weighted by molar-refractivity contribution is 0.395. The second-order valence-electron chi connectivity index (χ2n) is 6.51. The summed E-state index contributed by atoms with van der Waals surface area (Å²) in [5.74, 6) is 2.63. The Morgan fingerprint density at radius 2 is 1.85 bits per heavy atom. The summed E-state index contributed by atoms with van der Waals surface area (Å²) in [6.45, 7) is 0.961. The van der Waals surface area contributed by atoms with Crippen molar-refractivity contribution in [3.8, 4) is 28.4 Å². The average molecular weight is 475 g/mol. The van der Waals surface area contributed by atoms with E-state index < -0.39 is 0 Å². The summed E-state index contributed by atoms with van der Waals surface area (Å²) in [5.41, 5.74) is 4.26. The summed E-state index contributed by atoms with van der Waals surface area (Å²) >= 11 is 2.32. The molecule has 0 fully saturated rings. The lowest BCUT2D eigenvalue weighted by Crippen LogP contribution is -2.07. The van der Waals surface area contributed by atoms with E-state index in [1.165, 1.54) is 9.13 Å². The molecular weight excluding hydrogens is 453 g/mol. The molecule has 2 aromatic carbocycles. The van der Waals surface area contributed by atoms with Crippen LogP contribution in [0.25, 0.3) is 16.9 Å². The van der Waals surface area contributed by atoms with E-state index in [9.17, 15) is 0 Å². The van der Waals surface area contributed by atoms with Crippen molar-refractivity contribution in [2.24, 2.45) is 0 Å². The van der Waals surface area contributed by atoms with Crippen LogP contribution < -0.4 is 14.8 Å². The van der Waals surface area contributed by atoms with Crippen LogP contribution in [0, 0.1) is 3.57 Å². The molecule has 1 aromatic heterocycles. The average Bonchev–Trinajstić information content (AvgIpc) is 2.88. The van der Waals surface area contributed by atoms with Crippen molar-refractivity contribution < 1.29 is 9.47 Å². The van der Waals surface area contributed by atoms with Gasteiger partial charge in [0, 0.05) is 27.3 Å². The van der Waals surface area contributed by atoms with Crippen LogP contribution in [-0.2, 0) is 6.42 Å². The predicted molar refractivity (Wildman–Crippen MR) is 116 cm³/mol. The Morgan fingerprint density at radius 3 is 2.59 bits per heavy atom. The number of nitrogens with one attached hydrogen (secondary N) is 1. The minimum Gasteiger partial charge on any atom is -0.497 e. The van der Waals surface area contributed by atoms with Gasteiger partial charge in [0.2, 0.25) is 0 Å². The van der Waals surface area contributed by atoms with Gasteiger partial charge in [0.05, 0.1) is 19.9 Å². The molecule has 140 valence electrons. The summed E-state index contributed by atoms with van der Waals surface area (Å²) in [6.07, 6.45) is 3.29. The maximum atomic E-state index is 5.64. The summed E-state index contributed by atoms with van der Waals surface area (Å²) in [4.78, 5) is 0. The van der Waals surface area contributed by atoms with E-state index in [1.54, 1.807) is 14.2 Å². The molecule has 5 nitrogen and oxygen atoms in total. The zero-order valence-corrected chi connectivity index (χ0v) is 17.6. The van der Waals surface area contributed by atoms with E-state index in [-0.39, 0.29) is 0 Å². The van der Waals surface area contributed by atoms with Crippen LogP contribution >= 0.6 is 22.6 Å². The lowest BCUT2D eigenvalue weighted by Gasteiger charge is -2.10. The number of fused-ring (bicyclic) bond motifs is 1. The Balaban J connectivity index is 1.90. The number of hydrogen-bond donors (Lipinski definition) is 1. The number of aromatic nitrogens is 2. The molecule has 2 heterocycles. The molecule has 0 radical (unpaired) electrons. The largest absolute Gasteiger partial charge is 0.497 e. The number of methoxy groups -OCH3 is 2. The van der Waals surface area contributed by atoms with Gasteiger partial charge in [0.15, 0.2) is 0 Å². The molecule has 0 saturated heterocycles. The number of hydrogen-bond acceptors (Lipinski definition) is 4. The first kappa shape index (κ1) is 18.2. The highest BCUT2D eigenvalue weighted by atomic mass is 127. The SMILES string of the molecule is COc1ccc(-c2nn(-c3ccc(I)cc3)c3c2CCCCN3)c(OC)c1. The first-order valence-electron chi connectivity index (χ1n) is 9.05. The molecule has 6 heteroatoms. The smallest absolute Gasteiger partial charge is 0.133 e. The van der Waals surface area contributed by atoms with E-state index in [1.807, 2.05) is 22.9 Å². The highest BCUT2D eigenvalue weighted by Crippen LogP contribution is 2.39. The first-order valence-corrected chi connectivity index (χ1v) is 10.1. The number of rotatable bonds is 4. The van der Waals surface area contributed by atoms with Gasteiger partial charge in [0.25, 0.3) is 0 Å². The fraction of sp³-hybridized carbons (Fsp3) is 0.286. The molecule has 4 rings (SSSR count). The number of anilines is 1. The molecule has 1 aliphatic heterocycles. The normalized spacial score (nSPS) is 13.4. The zero-order chi connectivity index (χ0) is 18.8. The van der Waals surface area contributed by atoms with Crippen molar-refractivity contribution in [1.29, 1.82) is 0 Å². The molecule has 0 bridgehead atoms. The highest BCUT2D eigenvalue weighted by Gasteiger charge is 2.23. The van der Waals surface area contributed by atoms with Crippen molar-refractivity contribution in [3.05, 3.63) is 51.6 Å². The quantitative estimate of drug-likeness (QED) is 0.545. The molecule has 1 aliphatic rings. The third-order valence-electron chi connectivity index (χ3n) is 4.86. The van der Waals surface area contributed by atoms with Gasteiger partial charge in [-0.1, -0.05) is 0 Å². The van der Waals surface area contributed by atoms with Crippen LogP contribution in [0.15, 0.2) is 42.5 Å². The third kappa shape index (κ3) is 3.50. The maximum Gasteiger partial charge on any atom is 0.133 e. The van der Waals surface area contributed by atoms with Crippen LogP contribution in [0.4, 0.5) is 5.82 Å². The van der Waals surface area contributed by atoms with Gasteiger partial charge >= 0.3 is 0 Å². The summed E-state index contributed by atoms with van der Waals surface area (Å²) in [7, 11) is 3.35. The van der Waals surface area contributed by atoms with Crippen LogP contribution in [0.2, 0.25) is 0 Å². The fourth-order valence-corrected chi connectivity index (χ4v) is 3.84. The second-order valence-corrected chi connectivity index (χ2v) is 7.76. The highest BCUT2D eigenvalue weighted by molar-refractivity contribution is 14.1. The fourth-order valence-electron chi connectivity index (χ4n) is 3.48. The van der Waals surface area contributed by atoms with Crippen LogP contribution in [0.5, 0.6) is 11.5 Å². The predicted octanol–water partition coefficient (Wildman–Crippen LogP) is 4.91. The Kier molecular flexibility index (Phi) is 5.24. The minimum absolute atomic E-state index is 0.772. The van der Waals surface area contributed by atoms with E-state index >= 15 is 0 Å². The van der Waals surface area contributed by atoms with Crippen LogP contribution in [0.3, 0.4) is 0 Å². The number of ether oxygens (including phenoxy) is 2. The summed E-state index contributed by atoms with van der Waals surface area (Å²) in [5, 5.41) is 8.59. The van der Waals surface area contributed by atoms with E-state index in [0.29, 0.717) is 0 Å². The van der Waals surface area contributed by atoms with Gasteiger partial charge in [-0.3, -0.25) is 0 Å². The molecule has 0 saturated carbocycles. The van der Waals surface area contributed by atoms with E-state index in [2.05, 4.69) is 52.2 Å². The molecular formula is C21H22IN3O2. The van der Waals surface area contributed by atoms with Crippen molar-refractivity contribution in [2.75, 3.05) is 26.1 Å². The van der Waals surface area contributed by atoms with Crippen molar-refractivity contribution in [1.82, 2.24) is 9.78 Å². The summed E-state index contributed by atoms with van der Waals surface area (Å²) < 4.78 is 14.2. The van der Waals surface area contributed by atoms with Crippen molar-refractivity contribution in [2.45, 2.75) is 19.3 Å². The monoisotopic (exact) mass is 475 g/mol. The van der Waals surface area contributed by atoms with Crippen molar-refractivity contribution in [3.63, 3.8) is 0 Å². The topological polar surface area (TPSA) is 48.3 Å². The number of halogens is 1. The molecule has 0 atom stereocenters. The minimum atomic E-state index is 0.772. The first-order chi connectivity index (χ1) is 13.2. The van der Waals surface area contributed by atoms with Crippen LogP contribution in [0.1, 0.15) is 18.4 Å². The molecule has 0 spiro atoms. The third-order valence-corrected chi connectivity index (χ3v) is 5.58. The molecule has 1 N–H and O–H groups in total. The Hall–Kier alpha value is -2.22. The van der Waals surface area contributed by atoms with Gasteiger partial charge in [-0.25, -0.2) is 4.68 Å². The lowest BCUT2D eigenvalue weighted by atomic mass is 10.0. The standard InChI is InChI=1S/C21H22IN3O2/c1-26-16-10-11-17(19(13-16)27-2)20-18-5-3-4-12-23-21(18)25(24-20)15-8-6-14(22)7-9-15/h6-11,13,23H,3-5,12H2,1-2H3. The van der Waals surface area contributed by atoms with Crippen molar-refractivity contribution >= 4 is 28.4 Å². The molecule has 0 amide bonds. The summed E-state index contributed by atoms with van der Waals surface area (Å²) in [6, 6.07) is 14.3. The van der Waals surface area contributed by atoms with E-state index in [4.69, 9.17) is 14.6 Å². The molecule has 0 aliphatic carbocycles. The number of nitrogens with zero attached hydrogens (tertiary/aromatic N) is 2.